The van der Waals surface area contributed by atoms with Crippen molar-refractivity contribution in [2.75, 3.05) is 32.7 Å². The van der Waals surface area contributed by atoms with Crippen LogP contribution in [0.15, 0.2) is 36.4 Å². The van der Waals surface area contributed by atoms with Crippen molar-refractivity contribution in [3.05, 3.63) is 70.3 Å². The fraction of sp³-hybridized carbons (Fsp3) is 0.611. The van der Waals surface area contributed by atoms with E-state index in [1.807, 2.05) is 0 Å². The molecule has 3 fully saturated rings. The number of halogens is 8. The summed E-state index contributed by atoms with van der Waals surface area (Å²) >= 11 is 0. The van der Waals surface area contributed by atoms with E-state index in [1.54, 1.807) is 46.4 Å². The van der Waals surface area contributed by atoms with Crippen LogP contribution in [0.3, 0.4) is 0 Å². The third-order valence-electron chi connectivity index (χ3n) is 8.47. The number of hydrogen-bond donors (Lipinski definition) is 1. The van der Waals surface area contributed by atoms with E-state index in [4.69, 9.17) is 9.47 Å². The Labute approximate surface area is 298 Å². The zero-order valence-electron chi connectivity index (χ0n) is 30.1. The van der Waals surface area contributed by atoms with Crippen LogP contribution in [0.2, 0.25) is 0 Å². The molecule has 1 aliphatic carbocycles. The maximum atomic E-state index is 14.3. The van der Waals surface area contributed by atoms with Gasteiger partial charge in [0, 0.05) is 69.0 Å². The van der Waals surface area contributed by atoms with E-state index in [2.05, 4.69) is 10.2 Å². The van der Waals surface area contributed by atoms with Gasteiger partial charge in [-0.1, -0.05) is 12.1 Å². The Kier molecular flexibility index (Phi) is 12.4. The van der Waals surface area contributed by atoms with Crippen LogP contribution < -0.4 is 5.32 Å². The van der Waals surface area contributed by atoms with Gasteiger partial charge < -0.3 is 24.6 Å². The van der Waals surface area contributed by atoms with Crippen LogP contribution in [0.1, 0.15) is 76.6 Å². The van der Waals surface area contributed by atoms with E-state index in [0.29, 0.717) is 44.2 Å². The predicted octanol–water partition coefficient (Wildman–Crippen LogP) is 8.23. The topological polar surface area (TPSA) is 74.4 Å². The highest BCUT2D eigenvalue weighted by atomic mass is 19.4. The van der Waals surface area contributed by atoms with E-state index in [9.17, 15) is 44.7 Å². The van der Waals surface area contributed by atoms with Crippen molar-refractivity contribution in [1.29, 1.82) is 0 Å². The normalized spacial score (nSPS) is 17.3. The number of amides is 2. The summed E-state index contributed by atoms with van der Waals surface area (Å²) in [7, 11) is 0. The average Bonchev–Trinajstić information content (AvgIpc) is 3.74. The molecular weight excluding hydrogens is 704 g/mol. The van der Waals surface area contributed by atoms with Crippen LogP contribution in [0.25, 0.3) is 0 Å². The Morgan fingerprint density at radius 1 is 0.731 bits per heavy atom. The molecule has 8 nitrogen and oxygen atoms in total. The summed E-state index contributed by atoms with van der Waals surface area (Å²) in [5.41, 5.74) is -2.74. The summed E-state index contributed by atoms with van der Waals surface area (Å²) < 4.78 is 114. The molecule has 0 spiro atoms. The standard InChI is InChI=1S/C20H26F4N2O2.C16H20F4N2O2/c1-19(2,3)28-18(27)26-11-16(12-26)25(9-13-4-5-13)10-14-6-7-15(8-17(14)21)20(22,23)24;1-15(2,3)24-14(23)22-8-12(9-22)21-7-10-4-5-11(6-13(10)17)16(18,19)20/h6-8,13,16H,4-5,9-12H2,1-3H3;4-6,12,21H,7-9H2,1-3H3. The van der Waals surface area contributed by atoms with Gasteiger partial charge in [0.05, 0.1) is 11.1 Å². The summed E-state index contributed by atoms with van der Waals surface area (Å²) in [6.45, 7) is 13.6. The summed E-state index contributed by atoms with van der Waals surface area (Å²) in [4.78, 5) is 29.0. The summed E-state index contributed by atoms with van der Waals surface area (Å²) in [5, 5.41) is 3.01. The molecule has 2 heterocycles. The van der Waals surface area contributed by atoms with Crippen molar-refractivity contribution in [1.82, 2.24) is 20.0 Å². The third-order valence-corrected chi connectivity index (χ3v) is 8.47. The Morgan fingerprint density at radius 2 is 1.17 bits per heavy atom. The smallest absolute Gasteiger partial charge is 0.416 e. The molecule has 5 rings (SSSR count). The number of benzene rings is 2. The van der Waals surface area contributed by atoms with E-state index < -0.39 is 52.4 Å². The Bertz CT molecular complexity index is 1560. The number of nitrogens with zero attached hydrogens (tertiary/aromatic N) is 3. The summed E-state index contributed by atoms with van der Waals surface area (Å²) in [6, 6.07) is 5.16. The SMILES string of the molecule is CC(C)(C)OC(=O)N1CC(N(Cc2ccc(C(F)(F)F)cc2F)CC2CC2)C1.CC(C)(C)OC(=O)N1CC(NCc2ccc(C(F)(F)F)cc2F)C1. The van der Waals surface area contributed by atoms with E-state index in [-0.39, 0.29) is 42.4 Å². The fourth-order valence-electron chi connectivity index (χ4n) is 5.41. The van der Waals surface area contributed by atoms with E-state index >= 15 is 0 Å². The minimum Gasteiger partial charge on any atom is -0.444 e. The van der Waals surface area contributed by atoms with Crippen molar-refractivity contribution in [2.45, 2.75) is 103 Å². The monoisotopic (exact) mass is 750 g/mol. The summed E-state index contributed by atoms with van der Waals surface area (Å²) in [5.74, 6) is -1.22. The van der Waals surface area contributed by atoms with Crippen LogP contribution in [0.4, 0.5) is 44.7 Å². The second kappa shape index (κ2) is 15.7. The molecule has 2 aliphatic heterocycles. The number of ether oxygens (including phenoxy) is 2. The number of hydrogen-bond acceptors (Lipinski definition) is 6. The second-order valence-corrected chi connectivity index (χ2v) is 15.5. The number of likely N-dealkylation sites (tertiary alicyclic amines) is 2. The first-order valence-corrected chi connectivity index (χ1v) is 17.0. The van der Waals surface area contributed by atoms with Gasteiger partial charge in [0.15, 0.2) is 0 Å². The molecule has 1 N–H and O–H groups in total. The maximum absolute atomic E-state index is 14.3. The first-order chi connectivity index (χ1) is 23.9. The number of nitrogens with one attached hydrogen (secondary N) is 1. The first kappa shape index (κ1) is 41.1. The minimum atomic E-state index is -4.56. The molecule has 52 heavy (non-hydrogen) atoms. The minimum absolute atomic E-state index is 0.0424. The van der Waals surface area contributed by atoms with Gasteiger partial charge in [0.2, 0.25) is 0 Å². The molecular formula is C36H46F8N4O4. The van der Waals surface area contributed by atoms with Crippen LogP contribution in [-0.2, 0) is 34.9 Å². The Morgan fingerprint density at radius 3 is 1.58 bits per heavy atom. The number of carbonyl (C=O) groups is 2. The van der Waals surface area contributed by atoms with Crippen LogP contribution in [0.5, 0.6) is 0 Å². The molecule has 3 aliphatic rings. The molecule has 0 radical (unpaired) electrons. The lowest BCUT2D eigenvalue weighted by molar-refractivity contribution is -0.138. The third kappa shape index (κ3) is 12.2. The molecule has 0 unspecified atom stereocenters. The van der Waals surface area contributed by atoms with Crippen molar-refractivity contribution in [2.24, 2.45) is 5.92 Å². The van der Waals surface area contributed by atoms with Crippen molar-refractivity contribution in [3.63, 3.8) is 0 Å². The molecule has 2 saturated heterocycles. The molecule has 2 amide bonds. The van der Waals surface area contributed by atoms with Gasteiger partial charge in [-0.3, -0.25) is 4.90 Å². The van der Waals surface area contributed by atoms with Gasteiger partial charge in [-0.15, -0.1) is 0 Å². The molecule has 2 aromatic rings. The lowest BCUT2D eigenvalue weighted by Gasteiger charge is -2.45. The molecule has 16 heteroatoms. The first-order valence-electron chi connectivity index (χ1n) is 17.0. The van der Waals surface area contributed by atoms with Crippen molar-refractivity contribution >= 4 is 12.2 Å². The van der Waals surface area contributed by atoms with Crippen molar-refractivity contribution < 1.29 is 54.2 Å². The van der Waals surface area contributed by atoms with Crippen molar-refractivity contribution in [3.8, 4) is 0 Å². The Balaban J connectivity index is 0.000000236. The lowest BCUT2D eigenvalue weighted by atomic mass is 10.0. The van der Waals surface area contributed by atoms with Gasteiger partial charge in [-0.25, -0.2) is 18.4 Å². The molecule has 0 atom stereocenters. The molecule has 0 aromatic heterocycles. The van der Waals surface area contributed by atoms with E-state index in [0.717, 1.165) is 37.6 Å². The van der Waals surface area contributed by atoms with Crippen LogP contribution in [-0.4, -0.2) is 82.9 Å². The van der Waals surface area contributed by atoms with Gasteiger partial charge in [-0.2, -0.15) is 26.3 Å². The number of rotatable bonds is 8. The highest BCUT2D eigenvalue weighted by Crippen LogP contribution is 2.34. The van der Waals surface area contributed by atoms with Crippen LogP contribution in [0, 0.1) is 17.6 Å². The number of carbonyl (C=O) groups excluding carboxylic acids is 2. The molecule has 290 valence electrons. The van der Waals surface area contributed by atoms with Gasteiger partial charge in [-0.05, 0) is 84.6 Å². The largest absolute Gasteiger partial charge is 0.444 e. The zero-order chi connectivity index (χ0) is 38.8. The number of alkyl halides is 6. The van der Waals surface area contributed by atoms with Crippen LogP contribution >= 0.6 is 0 Å². The quantitative estimate of drug-likeness (QED) is 0.274. The van der Waals surface area contributed by atoms with E-state index in [1.165, 1.54) is 11.0 Å². The lowest BCUT2D eigenvalue weighted by Crippen LogP contribution is -2.61. The average molecular weight is 751 g/mol. The summed E-state index contributed by atoms with van der Waals surface area (Å²) in [6.07, 6.45) is -7.70. The molecule has 0 bridgehead atoms. The van der Waals surface area contributed by atoms with Gasteiger partial charge in [0.1, 0.15) is 22.8 Å². The van der Waals surface area contributed by atoms with Gasteiger partial charge >= 0.3 is 24.5 Å². The highest BCUT2D eigenvalue weighted by Gasteiger charge is 2.40. The molecule has 2 aromatic carbocycles. The predicted molar refractivity (Wildman–Crippen MR) is 176 cm³/mol. The molecule has 1 saturated carbocycles. The zero-order valence-corrected chi connectivity index (χ0v) is 30.1. The highest BCUT2D eigenvalue weighted by molar-refractivity contribution is 5.69. The Hall–Kier alpha value is -3.66. The van der Waals surface area contributed by atoms with Gasteiger partial charge in [0.25, 0.3) is 0 Å². The second-order valence-electron chi connectivity index (χ2n) is 15.5. The fourth-order valence-corrected chi connectivity index (χ4v) is 5.41. The maximum Gasteiger partial charge on any atom is 0.416 e.